The molecule has 2 heterocycles. The molecule has 0 bridgehead atoms. The molecule has 0 saturated heterocycles. The number of aryl methyl sites for hydroxylation is 1. The molecule has 0 aromatic carbocycles. The van der Waals surface area contributed by atoms with Crippen LogP contribution in [-0.2, 0) is 5.88 Å². The van der Waals surface area contributed by atoms with Crippen molar-refractivity contribution in [1.82, 2.24) is 14.8 Å². The molecule has 3 rings (SSSR count). The lowest BCUT2D eigenvalue weighted by atomic mass is 10.2. The summed E-state index contributed by atoms with van der Waals surface area (Å²) < 4.78 is 1.84. The number of alkyl halides is 1. The van der Waals surface area contributed by atoms with Gasteiger partial charge in [0.25, 0.3) is 0 Å². The van der Waals surface area contributed by atoms with Crippen LogP contribution in [0.2, 0.25) is 0 Å². The summed E-state index contributed by atoms with van der Waals surface area (Å²) >= 11 is 5.87. The Morgan fingerprint density at radius 1 is 1.41 bits per heavy atom. The molecular weight excluding hydrogens is 234 g/mol. The van der Waals surface area contributed by atoms with Crippen molar-refractivity contribution in [1.29, 1.82) is 0 Å². The average Bonchev–Trinajstić information content (AvgIpc) is 3.06. The first-order valence-corrected chi connectivity index (χ1v) is 6.39. The summed E-state index contributed by atoms with van der Waals surface area (Å²) in [5, 5.41) is 4.57. The Balaban J connectivity index is 1.98. The van der Waals surface area contributed by atoms with Crippen LogP contribution in [0.4, 0.5) is 0 Å². The number of halogens is 1. The minimum atomic E-state index is 0.507. The highest BCUT2D eigenvalue weighted by Gasteiger charge is 2.25. The maximum atomic E-state index is 5.87. The van der Waals surface area contributed by atoms with Crippen LogP contribution in [0.1, 0.15) is 35.7 Å². The molecule has 3 nitrogen and oxygen atoms in total. The molecule has 0 atom stereocenters. The summed E-state index contributed by atoms with van der Waals surface area (Å²) in [6.45, 7) is 1.98. The molecule has 4 heteroatoms. The van der Waals surface area contributed by atoms with E-state index in [-0.39, 0.29) is 0 Å². The molecule has 0 spiro atoms. The molecule has 0 N–H and O–H groups in total. The van der Waals surface area contributed by atoms with Gasteiger partial charge in [0.2, 0.25) is 0 Å². The van der Waals surface area contributed by atoms with E-state index in [1.165, 1.54) is 18.5 Å². The first-order chi connectivity index (χ1) is 8.26. The second-order valence-electron chi connectivity index (χ2n) is 4.57. The summed E-state index contributed by atoms with van der Waals surface area (Å²) in [5.74, 6) is 2.04. The van der Waals surface area contributed by atoms with Gasteiger partial charge < -0.3 is 0 Å². The zero-order chi connectivity index (χ0) is 11.8. The molecule has 2 aromatic rings. The molecule has 1 aliphatic rings. The number of nitrogens with zero attached hydrogens (tertiary/aromatic N) is 3. The van der Waals surface area contributed by atoms with E-state index in [9.17, 15) is 0 Å². The fourth-order valence-electron chi connectivity index (χ4n) is 1.98. The van der Waals surface area contributed by atoms with Gasteiger partial charge in [0, 0.05) is 23.7 Å². The van der Waals surface area contributed by atoms with Gasteiger partial charge in [-0.3, -0.25) is 0 Å². The van der Waals surface area contributed by atoms with Crippen molar-refractivity contribution in [2.45, 2.75) is 31.6 Å². The van der Waals surface area contributed by atoms with Gasteiger partial charge in [-0.25, -0.2) is 9.67 Å². The molecule has 0 radical (unpaired) electrons. The fraction of sp³-hybridized carbons (Fsp3) is 0.385. The summed E-state index contributed by atoms with van der Waals surface area (Å²) in [6, 6.07) is 6.08. The molecular formula is C13H14ClN3. The highest BCUT2D eigenvalue weighted by atomic mass is 35.5. The van der Waals surface area contributed by atoms with Crippen LogP contribution in [0, 0.1) is 6.92 Å². The Morgan fingerprint density at radius 3 is 2.94 bits per heavy atom. The second-order valence-corrected chi connectivity index (χ2v) is 4.84. The van der Waals surface area contributed by atoms with E-state index < -0.39 is 0 Å². The van der Waals surface area contributed by atoms with Gasteiger partial charge in [-0.2, -0.15) is 5.10 Å². The van der Waals surface area contributed by atoms with Crippen LogP contribution in [0.25, 0.3) is 5.82 Å². The summed E-state index contributed by atoms with van der Waals surface area (Å²) in [6.07, 6.45) is 4.52. The predicted molar refractivity (Wildman–Crippen MR) is 67.6 cm³/mol. The van der Waals surface area contributed by atoms with Crippen LogP contribution in [-0.4, -0.2) is 14.8 Å². The zero-order valence-corrected chi connectivity index (χ0v) is 10.5. The highest BCUT2D eigenvalue weighted by molar-refractivity contribution is 6.17. The Kier molecular flexibility index (Phi) is 2.63. The molecule has 2 aromatic heterocycles. The predicted octanol–water partition coefficient (Wildman–Crippen LogP) is 3.19. The van der Waals surface area contributed by atoms with Crippen molar-refractivity contribution >= 4 is 11.6 Å². The van der Waals surface area contributed by atoms with E-state index in [1.807, 2.05) is 29.9 Å². The number of aromatic nitrogens is 3. The van der Waals surface area contributed by atoms with Gasteiger partial charge in [-0.1, -0.05) is 0 Å². The van der Waals surface area contributed by atoms with Crippen molar-refractivity contribution in [2.24, 2.45) is 0 Å². The standard InChI is InChI=1S/C13H14ClN3/c1-9-6-10(8-14)7-13(15-9)17-5-4-12(16-17)11-2-3-11/h4-7,11H,2-3,8H2,1H3. The van der Waals surface area contributed by atoms with Crippen molar-refractivity contribution in [3.63, 3.8) is 0 Å². The Morgan fingerprint density at radius 2 is 2.24 bits per heavy atom. The van der Waals surface area contributed by atoms with Crippen molar-refractivity contribution in [3.05, 3.63) is 41.3 Å². The molecule has 0 amide bonds. The van der Waals surface area contributed by atoms with Crippen LogP contribution in [0.15, 0.2) is 24.4 Å². The van der Waals surface area contributed by atoms with E-state index in [0.29, 0.717) is 11.8 Å². The minimum absolute atomic E-state index is 0.507. The number of hydrogen-bond acceptors (Lipinski definition) is 2. The zero-order valence-electron chi connectivity index (χ0n) is 9.73. The highest BCUT2D eigenvalue weighted by Crippen LogP contribution is 2.38. The Bertz CT molecular complexity index is 543. The maximum Gasteiger partial charge on any atom is 0.153 e. The molecule has 1 saturated carbocycles. The smallest absolute Gasteiger partial charge is 0.153 e. The van der Waals surface area contributed by atoms with E-state index in [0.717, 1.165) is 17.1 Å². The van der Waals surface area contributed by atoms with Gasteiger partial charge in [-0.15, -0.1) is 11.6 Å². The molecule has 17 heavy (non-hydrogen) atoms. The summed E-state index contributed by atoms with van der Waals surface area (Å²) in [7, 11) is 0. The van der Waals surface area contributed by atoms with Gasteiger partial charge in [0.1, 0.15) is 0 Å². The summed E-state index contributed by atoms with van der Waals surface area (Å²) in [4.78, 5) is 4.49. The number of hydrogen-bond donors (Lipinski definition) is 0. The van der Waals surface area contributed by atoms with Crippen LogP contribution < -0.4 is 0 Å². The van der Waals surface area contributed by atoms with E-state index in [4.69, 9.17) is 11.6 Å². The third-order valence-corrected chi connectivity index (χ3v) is 3.30. The first kappa shape index (κ1) is 10.8. The molecule has 88 valence electrons. The number of rotatable bonds is 3. The van der Waals surface area contributed by atoms with E-state index >= 15 is 0 Å². The van der Waals surface area contributed by atoms with Gasteiger partial charge in [-0.05, 0) is 43.5 Å². The van der Waals surface area contributed by atoms with Gasteiger partial charge in [0.05, 0.1) is 5.69 Å². The van der Waals surface area contributed by atoms with Crippen molar-refractivity contribution in [2.75, 3.05) is 0 Å². The Labute approximate surface area is 105 Å². The number of pyridine rings is 1. The molecule has 0 aliphatic heterocycles. The topological polar surface area (TPSA) is 30.7 Å². The lowest BCUT2D eigenvalue weighted by molar-refractivity contribution is 0.807. The minimum Gasteiger partial charge on any atom is -0.234 e. The first-order valence-electron chi connectivity index (χ1n) is 5.86. The SMILES string of the molecule is Cc1cc(CCl)cc(-n2ccc(C3CC3)n2)n1. The lowest BCUT2D eigenvalue weighted by Crippen LogP contribution is -2.01. The summed E-state index contributed by atoms with van der Waals surface area (Å²) in [5.41, 5.74) is 3.24. The molecule has 1 aliphatic carbocycles. The van der Waals surface area contributed by atoms with Gasteiger partial charge >= 0.3 is 0 Å². The lowest BCUT2D eigenvalue weighted by Gasteiger charge is -2.04. The third-order valence-electron chi connectivity index (χ3n) is 2.99. The molecule has 1 fully saturated rings. The molecule has 0 unspecified atom stereocenters. The van der Waals surface area contributed by atoms with Crippen molar-refractivity contribution < 1.29 is 0 Å². The largest absolute Gasteiger partial charge is 0.234 e. The van der Waals surface area contributed by atoms with Gasteiger partial charge in [0.15, 0.2) is 5.82 Å². The normalized spacial score (nSPS) is 15.2. The van der Waals surface area contributed by atoms with Crippen LogP contribution in [0.5, 0.6) is 0 Å². The van der Waals surface area contributed by atoms with E-state index in [1.54, 1.807) is 0 Å². The second kappa shape index (κ2) is 4.15. The van der Waals surface area contributed by atoms with E-state index in [2.05, 4.69) is 16.1 Å². The third kappa shape index (κ3) is 2.20. The van der Waals surface area contributed by atoms with Crippen LogP contribution in [0.3, 0.4) is 0 Å². The maximum absolute atomic E-state index is 5.87. The monoisotopic (exact) mass is 247 g/mol. The quantitative estimate of drug-likeness (QED) is 0.780. The van der Waals surface area contributed by atoms with Crippen LogP contribution >= 0.6 is 11.6 Å². The van der Waals surface area contributed by atoms with Crippen molar-refractivity contribution in [3.8, 4) is 5.82 Å². The average molecular weight is 248 g/mol. The Hall–Kier alpha value is -1.35. The fourth-order valence-corrected chi connectivity index (χ4v) is 2.13.